The smallest absolute Gasteiger partial charge is 0.258 e. The lowest BCUT2D eigenvalue weighted by atomic mass is 10.2. The molecule has 19 heavy (non-hydrogen) atoms. The molecule has 2 rings (SSSR count). The number of nitro groups is 1. The van der Waals surface area contributed by atoms with Crippen molar-refractivity contribution < 1.29 is 4.92 Å². The number of non-ortho nitro benzene ring substituents is 1. The van der Waals surface area contributed by atoms with E-state index >= 15 is 0 Å². The van der Waals surface area contributed by atoms with Crippen molar-refractivity contribution in [3.8, 4) is 0 Å². The summed E-state index contributed by atoms with van der Waals surface area (Å²) in [4.78, 5) is 15.7. The molecule has 0 spiro atoms. The fourth-order valence-corrected chi connectivity index (χ4v) is 3.38. The normalized spacial score (nSPS) is 12.5. The molecule has 6 heteroatoms. The molecule has 2 aromatic rings. The topological polar surface area (TPSA) is 56.0 Å². The van der Waals surface area contributed by atoms with Crippen molar-refractivity contribution in [2.75, 3.05) is 5.88 Å². The molecule has 1 unspecified atom stereocenters. The molecule has 1 aromatic carbocycles. The van der Waals surface area contributed by atoms with E-state index in [2.05, 4.69) is 11.9 Å². The van der Waals surface area contributed by atoms with Crippen molar-refractivity contribution in [3.05, 3.63) is 40.6 Å². The van der Waals surface area contributed by atoms with Crippen molar-refractivity contribution in [1.29, 1.82) is 0 Å². The zero-order valence-corrected chi connectivity index (χ0v) is 11.9. The minimum Gasteiger partial charge on any atom is -0.258 e. The van der Waals surface area contributed by atoms with Crippen LogP contribution in [0, 0.1) is 10.1 Å². The van der Waals surface area contributed by atoms with Gasteiger partial charge in [0.25, 0.3) is 5.69 Å². The first kappa shape index (κ1) is 14.1. The highest BCUT2D eigenvalue weighted by molar-refractivity contribution is 8.00. The molecule has 4 nitrogen and oxygen atoms in total. The summed E-state index contributed by atoms with van der Waals surface area (Å²) in [6.07, 6.45) is 2.47. The van der Waals surface area contributed by atoms with Crippen LogP contribution in [0.1, 0.15) is 13.3 Å². The maximum Gasteiger partial charge on any atom is 0.295 e. The molecule has 100 valence electrons. The van der Waals surface area contributed by atoms with Crippen molar-refractivity contribution in [2.45, 2.75) is 23.5 Å². The molecule has 0 saturated carbocycles. The Balaban J connectivity index is 2.46. The van der Waals surface area contributed by atoms with Gasteiger partial charge in [0.15, 0.2) is 0 Å². The highest BCUT2D eigenvalue weighted by Gasteiger charge is 2.16. The van der Waals surface area contributed by atoms with Crippen molar-refractivity contribution in [2.24, 2.45) is 0 Å². The molecule has 0 fully saturated rings. The zero-order chi connectivity index (χ0) is 13.8. The maximum absolute atomic E-state index is 11.0. The Bertz CT molecular complexity index is 606. The van der Waals surface area contributed by atoms with Gasteiger partial charge in [-0.25, -0.2) is 4.98 Å². The van der Waals surface area contributed by atoms with Crippen molar-refractivity contribution >= 4 is 40.0 Å². The maximum atomic E-state index is 11.0. The SMILES string of the molecule is CC(CCCl)Sc1ccc([N+](=O)[O-])c2ncccc12. The van der Waals surface area contributed by atoms with E-state index in [4.69, 9.17) is 11.6 Å². The number of rotatable bonds is 5. The standard InChI is InChI=1S/C13H13ClN2O2S/c1-9(6-7-14)19-12-5-4-11(16(17)18)13-10(12)3-2-8-15-13/h2-5,8-9H,6-7H2,1H3. The van der Waals surface area contributed by atoms with Crippen LogP contribution in [0.2, 0.25) is 0 Å². The predicted molar refractivity (Wildman–Crippen MR) is 79.1 cm³/mol. The lowest BCUT2D eigenvalue weighted by molar-refractivity contribution is -0.383. The van der Waals surface area contributed by atoms with Gasteiger partial charge in [0.2, 0.25) is 0 Å². The Labute approximate surface area is 120 Å². The molecular formula is C13H13ClN2O2S. The van der Waals surface area contributed by atoms with E-state index in [0.717, 1.165) is 16.7 Å². The molecule has 0 aliphatic heterocycles. The van der Waals surface area contributed by atoms with E-state index in [1.165, 1.54) is 6.07 Å². The van der Waals surface area contributed by atoms with E-state index in [1.54, 1.807) is 30.1 Å². The second-order valence-electron chi connectivity index (χ2n) is 4.15. The highest BCUT2D eigenvalue weighted by atomic mass is 35.5. The summed E-state index contributed by atoms with van der Waals surface area (Å²) in [5.41, 5.74) is 0.487. The number of hydrogen-bond acceptors (Lipinski definition) is 4. The number of nitro benzene ring substituents is 1. The van der Waals surface area contributed by atoms with Crippen molar-refractivity contribution in [3.63, 3.8) is 0 Å². The molecule has 0 radical (unpaired) electrons. The number of pyridine rings is 1. The number of benzene rings is 1. The van der Waals surface area contributed by atoms with Gasteiger partial charge in [-0.05, 0) is 24.6 Å². The first-order chi connectivity index (χ1) is 9.13. The summed E-state index contributed by atoms with van der Waals surface area (Å²) < 4.78 is 0. The first-order valence-electron chi connectivity index (χ1n) is 5.88. The Morgan fingerprint density at radius 2 is 2.26 bits per heavy atom. The fourth-order valence-electron chi connectivity index (χ4n) is 1.81. The van der Waals surface area contributed by atoms with Crippen LogP contribution in [0.15, 0.2) is 35.4 Å². The first-order valence-corrected chi connectivity index (χ1v) is 7.29. The summed E-state index contributed by atoms with van der Waals surface area (Å²) in [6.45, 7) is 2.09. The Morgan fingerprint density at radius 3 is 2.95 bits per heavy atom. The number of nitrogens with zero attached hydrogens (tertiary/aromatic N) is 2. The van der Waals surface area contributed by atoms with Gasteiger partial charge >= 0.3 is 0 Å². The second kappa shape index (κ2) is 6.21. The molecule has 0 bridgehead atoms. The number of fused-ring (bicyclic) bond motifs is 1. The molecule has 0 aliphatic rings. The molecule has 1 heterocycles. The van der Waals surface area contributed by atoms with Crippen LogP contribution in [0.25, 0.3) is 10.9 Å². The highest BCUT2D eigenvalue weighted by Crippen LogP contribution is 2.35. The number of aromatic nitrogens is 1. The van der Waals surface area contributed by atoms with Gasteiger partial charge in [0, 0.05) is 33.7 Å². The minimum absolute atomic E-state index is 0.0462. The van der Waals surface area contributed by atoms with Gasteiger partial charge in [-0.1, -0.05) is 6.92 Å². The molecule has 0 saturated heterocycles. The summed E-state index contributed by atoms with van der Waals surface area (Å²) >= 11 is 7.40. The van der Waals surface area contributed by atoms with Crippen LogP contribution in [0.3, 0.4) is 0 Å². The number of halogens is 1. The molecule has 1 aromatic heterocycles. The summed E-state index contributed by atoms with van der Waals surface area (Å²) in [5, 5.41) is 12.2. The third kappa shape index (κ3) is 3.16. The number of hydrogen-bond donors (Lipinski definition) is 0. The van der Waals surface area contributed by atoms with E-state index in [-0.39, 0.29) is 5.69 Å². The van der Waals surface area contributed by atoms with Gasteiger partial charge in [-0.15, -0.1) is 23.4 Å². The van der Waals surface area contributed by atoms with Crippen LogP contribution in [-0.2, 0) is 0 Å². The minimum atomic E-state index is -0.397. The Morgan fingerprint density at radius 1 is 1.47 bits per heavy atom. The zero-order valence-electron chi connectivity index (χ0n) is 10.4. The fraction of sp³-hybridized carbons (Fsp3) is 0.308. The van der Waals surface area contributed by atoms with Gasteiger partial charge in [-0.2, -0.15) is 0 Å². The van der Waals surface area contributed by atoms with Crippen LogP contribution in [-0.4, -0.2) is 21.0 Å². The Kier molecular flexibility index (Phi) is 4.61. The van der Waals surface area contributed by atoms with E-state index < -0.39 is 4.92 Å². The third-order valence-corrected chi connectivity index (χ3v) is 4.22. The largest absolute Gasteiger partial charge is 0.295 e. The van der Waals surface area contributed by atoms with Crippen molar-refractivity contribution in [1.82, 2.24) is 4.98 Å². The molecule has 1 atom stereocenters. The summed E-state index contributed by atoms with van der Waals surface area (Å²) in [7, 11) is 0. The van der Waals surface area contributed by atoms with E-state index in [1.807, 2.05) is 6.07 Å². The number of thioether (sulfide) groups is 1. The second-order valence-corrected chi connectivity index (χ2v) is 6.00. The lowest BCUT2D eigenvalue weighted by Gasteiger charge is -2.11. The van der Waals surface area contributed by atoms with Gasteiger partial charge < -0.3 is 0 Å². The average Bonchev–Trinajstić information content (AvgIpc) is 2.39. The quantitative estimate of drug-likeness (QED) is 0.358. The van der Waals surface area contributed by atoms with Gasteiger partial charge in [0.1, 0.15) is 5.52 Å². The summed E-state index contributed by atoms with van der Waals surface area (Å²) in [5.74, 6) is 0.608. The van der Waals surface area contributed by atoms with Crippen LogP contribution >= 0.6 is 23.4 Å². The van der Waals surface area contributed by atoms with Crippen LogP contribution < -0.4 is 0 Å². The summed E-state index contributed by atoms with van der Waals surface area (Å²) in [6, 6.07) is 6.97. The van der Waals surface area contributed by atoms with Gasteiger partial charge in [-0.3, -0.25) is 10.1 Å². The monoisotopic (exact) mass is 296 g/mol. The molecular weight excluding hydrogens is 284 g/mol. The third-order valence-electron chi connectivity index (χ3n) is 2.75. The van der Waals surface area contributed by atoms with Crippen LogP contribution in [0.4, 0.5) is 5.69 Å². The van der Waals surface area contributed by atoms with Crippen LogP contribution in [0.5, 0.6) is 0 Å². The average molecular weight is 297 g/mol. The molecule has 0 aliphatic carbocycles. The van der Waals surface area contributed by atoms with E-state index in [0.29, 0.717) is 16.6 Å². The number of alkyl halides is 1. The van der Waals surface area contributed by atoms with E-state index in [9.17, 15) is 10.1 Å². The Hall–Kier alpha value is -1.33. The molecule has 0 N–H and O–H groups in total. The molecule has 0 amide bonds. The predicted octanol–water partition coefficient (Wildman–Crippen LogP) is 4.25. The van der Waals surface area contributed by atoms with Gasteiger partial charge in [0.05, 0.1) is 4.92 Å². The lowest BCUT2D eigenvalue weighted by Crippen LogP contribution is -1.98.